The number of rotatable bonds is 19. The Morgan fingerprint density at radius 3 is 2.09 bits per heavy atom. The highest BCUT2D eigenvalue weighted by Gasteiger charge is 2.35. The van der Waals surface area contributed by atoms with Gasteiger partial charge in [-0.15, -0.1) is 0 Å². The van der Waals surface area contributed by atoms with Gasteiger partial charge in [-0.25, -0.2) is 10.2 Å². The fourth-order valence-electron chi connectivity index (χ4n) is 3.67. The lowest BCUT2D eigenvalue weighted by atomic mass is 10.1. The Labute approximate surface area is 194 Å². The molecule has 0 spiro atoms. The topological polar surface area (TPSA) is 89.1 Å². The van der Waals surface area contributed by atoms with E-state index in [1.807, 2.05) is 30.3 Å². The number of ether oxygens (including phenoxy) is 2. The Balaban J connectivity index is 1.72. The van der Waals surface area contributed by atoms with Crippen molar-refractivity contribution in [2.45, 2.75) is 90.1 Å². The minimum absolute atomic E-state index is 0.282. The summed E-state index contributed by atoms with van der Waals surface area (Å²) in [5.41, 5.74) is 0.989. The van der Waals surface area contributed by atoms with Crippen LogP contribution in [-0.4, -0.2) is 43.8 Å². The SMILES string of the molecule is CCCCCCCCCCCCOC(OP1(=O)NCCN1)C(CO)OCc1ccccc1. The normalized spacial score (nSPS) is 17.4. The van der Waals surface area contributed by atoms with Crippen LogP contribution in [0.3, 0.4) is 0 Å². The van der Waals surface area contributed by atoms with Crippen LogP contribution < -0.4 is 10.2 Å². The summed E-state index contributed by atoms with van der Waals surface area (Å²) in [5.74, 6) is 0. The van der Waals surface area contributed by atoms with Crippen LogP contribution in [0.5, 0.6) is 0 Å². The maximum Gasteiger partial charge on any atom is 0.343 e. The standard InChI is InChI=1S/C24H43N2O5P/c1-2-3-4-5-6-7-8-9-10-14-19-29-24(31-32(28)25-17-18-26-32)23(20-27)30-21-22-15-12-11-13-16-22/h11-13,15-16,23-24,27H,2-10,14,17-21H2,1H3,(H2,25,26,28). The van der Waals surface area contributed by atoms with E-state index in [9.17, 15) is 9.67 Å². The molecule has 7 nitrogen and oxygen atoms in total. The highest BCUT2D eigenvalue weighted by Crippen LogP contribution is 2.42. The highest BCUT2D eigenvalue weighted by molar-refractivity contribution is 7.55. The molecular weight excluding hydrogens is 427 g/mol. The van der Waals surface area contributed by atoms with Gasteiger partial charge in [-0.2, -0.15) is 0 Å². The van der Waals surface area contributed by atoms with E-state index in [1.165, 1.54) is 51.4 Å². The summed E-state index contributed by atoms with van der Waals surface area (Å²) >= 11 is 0. The quantitative estimate of drug-likeness (QED) is 0.146. The molecule has 0 aliphatic carbocycles. The average molecular weight is 471 g/mol. The zero-order valence-electron chi connectivity index (χ0n) is 19.7. The van der Waals surface area contributed by atoms with Gasteiger partial charge >= 0.3 is 7.67 Å². The molecule has 0 saturated carbocycles. The molecule has 32 heavy (non-hydrogen) atoms. The van der Waals surface area contributed by atoms with Gasteiger partial charge < -0.3 is 14.6 Å². The molecule has 1 heterocycles. The molecule has 8 heteroatoms. The Hall–Kier alpha value is -0.790. The smallest absolute Gasteiger partial charge is 0.343 e. The molecule has 1 aliphatic heterocycles. The summed E-state index contributed by atoms with van der Waals surface area (Å²) < 4.78 is 30.3. The van der Waals surface area contributed by atoms with Crippen LogP contribution in [0.4, 0.5) is 0 Å². The number of aliphatic hydroxyl groups excluding tert-OH is 1. The van der Waals surface area contributed by atoms with Crippen LogP contribution in [0, 0.1) is 0 Å². The second-order valence-corrected chi connectivity index (χ2v) is 10.4. The van der Waals surface area contributed by atoms with Crippen LogP contribution in [0.2, 0.25) is 0 Å². The first-order valence-corrected chi connectivity index (χ1v) is 14.0. The minimum atomic E-state index is -3.19. The highest BCUT2D eigenvalue weighted by atomic mass is 31.2. The Bertz CT molecular complexity index is 624. The van der Waals surface area contributed by atoms with E-state index in [4.69, 9.17) is 14.0 Å². The molecule has 1 aromatic rings. The van der Waals surface area contributed by atoms with E-state index >= 15 is 0 Å². The van der Waals surface area contributed by atoms with Gasteiger partial charge in [0.25, 0.3) is 0 Å². The predicted molar refractivity (Wildman–Crippen MR) is 128 cm³/mol. The second-order valence-electron chi connectivity index (χ2n) is 8.41. The fourth-order valence-corrected chi connectivity index (χ4v) is 5.23. The summed E-state index contributed by atoms with van der Waals surface area (Å²) in [6, 6.07) is 9.73. The van der Waals surface area contributed by atoms with Gasteiger partial charge in [-0.3, -0.25) is 9.09 Å². The number of nitrogens with one attached hydrogen (secondary N) is 2. The third kappa shape index (κ3) is 11.4. The molecule has 1 saturated heterocycles. The molecule has 2 rings (SSSR count). The van der Waals surface area contributed by atoms with Crippen molar-refractivity contribution < 1.29 is 23.7 Å². The zero-order valence-corrected chi connectivity index (χ0v) is 20.6. The van der Waals surface area contributed by atoms with E-state index < -0.39 is 20.1 Å². The van der Waals surface area contributed by atoms with Crippen molar-refractivity contribution in [3.63, 3.8) is 0 Å². The van der Waals surface area contributed by atoms with Gasteiger partial charge in [-0.1, -0.05) is 95.0 Å². The van der Waals surface area contributed by atoms with Gasteiger partial charge in [0.1, 0.15) is 6.10 Å². The molecule has 0 amide bonds. The number of unbranched alkanes of at least 4 members (excludes halogenated alkanes) is 9. The van der Waals surface area contributed by atoms with Crippen molar-refractivity contribution >= 4 is 7.67 Å². The number of hydrogen-bond donors (Lipinski definition) is 3. The Morgan fingerprint density at radius 1 is 0.906 bits per heavy atom. The third-order valence-corrected chi connectivity index (χ3v) is 7.37. The van der Waals surface area contributed by atoms with Crippen molar-refractivity contribution in [3.8, 4) is 0 Å². The van der Waals surface area contributed by atoms with E-state index in [0.717, 1.165) is 18.4 Å². The summed E-state index contributed by atoms with van der Waals surface area (Å²) in [6.45, 7) is 3.89. The van der Waals surface area contributed by atoms with E-state index in [0.29, 0.717) is 26.3 Å². The van der Waals surface area contributed by atoms with E-state index in [2.05, 4.69) is 17.1 Å². The first kappa shape index (κ1) is 27.5. The molecule has 0 aromatic heterocycles. The van der Waals surface area contributed by atoms with Crippen molar-refractivity contribution in [1.29, 1.82) is 0 Å². The molecule has 0 radical (unpaired) electrons. The number of hydrogen-bond acceptors (Lipinski definition) is 5. The summed E-state index contributed by atoms with van der Waals surface area (Å²) in [4.78, 5) is 0. The Kier molecular flexibility index (Phi) is 14.4. The molecule has 1 aromatic carbocycles. The predicted octanol–water partition coefficient (Wildman–Crippen LogP) is 5.15. The van der Waals surface area contributed by atoms with E-state index in [1.54, 1.807) is 0 Å². The van der Waals surface area contributed by atoms with E-state index in [-0.39, 0.29) is 6.61 Å². The van der Waals surface area contributed by atoms with Crippen molar-refractivity contribution in [3.05, 3.63) is 35.9 Å². The second kappa shape index (κ2) is 16.8. The lowest BCUT2D eigenvalue weighted by molar-refractivity contribution is -0.179. The van der Waals surface area contributed by atoms with Crippen LogP contribution >= 0.6 is 7.67 Å². The molecule has 0 bridgehead atoms. The maximum absolute atomic E-state index is 12.8. The summed E-state index contributed by atoms with van der Waals surface area (Å²) in [5, 5.41) is 15.6. The largest absolute Gasteiger partial charge is 0.393 e. The van der Waals surface area contributed by atoms with Gasteiger partial charge in [0.05, 0.1) is 13.2 Å². The minimum Gasteiger partial charge on any atom is -0.393 e. The molecule has 184 valence electrons. The van der Waals surface area contributed by atoms with Crippen molar-refractivity contribution in [2.75, 3.05) is 26.3 Å². The lowest BCUT2D eigenvalue weighted by Gasteiger charge is -2.28. The van der Waals surface area contributed by atoms with Crippen molar-refractivity contribution in [1.82, 2.24) is 10.2 Å². The molecule has 1 fully saturated rings. The fraction of sp³-hybridized carbons (Fsp3) is 0.750. The molecule has 2 unspecified atom stereocenters. The Morgan fingerprint density at radius 2 is 1.50 bits per heavy atom. The van der Waals surface area contributed by atoms with Gasteiger partial charge in [0, 0.05) is 19.7 Å². The number of aliphatic hydroxyl groups is 1. The van der Waals surface area contributed by atoms with Gasteiger partial charge in [0.2, 0.25) is 0 Å². The molecule has 1 aliphatic rings. The number of benzene rings is 1. The average Bonchev–Trinajstić information content (AvgIpc) is 3.24. The maximum atomic E-state index is 12.8. The van der Waals surface area contributed by atoms with Crippen LogP contribution in [0.15, 0.2) is 30.3 Å². The molecular formula is C24H43N2O5P. The van der Waals surface area contributed by atoms with Gasteiger partial charge in [-0.05, 0) is 12.0 Å². The lowest BCUT2D eigenvalue weighted by Crippen LogP contribution is -2.38. The molecule has 2 atom stereocenters. The monoisotopic (exact) mass is 470 g/mol. The molecule has 3 N–H and O–H groups in total. The first-order chi connectivity index (χ1) is 15.7. The third-order valence-electron chi connectivity index (χ3n) is 5.59. The van der Waals surface area contributed by atoms with Crippen LogP contribution in [0.25, 0.3) is 0 Å². The van der Waals surface area contributed by atoms with Crippen LogP contribution in [-0.2, 0) is 25.2 Å². The van der Waals surface area contributed by atoms with Crippen LogP contribution in [0.1, 0.15) is 76.7 Å². The summed E-state index contributed by atoms with van der Waals surface area (Å²) in [7, 11) is -3.19. The zero-order chi connectivity index (χ0) is 22.9. The summed E-state index contributed by atoms with van der Waals surface area (Å²) in [6.07, 6.45) is 10.8. The van der Waals surface area contributed by atoms with Crippen molar-refractivity contribution in [2.24, 2.45) is 0 Å². The first-order valence-electron chi connectivity index (χ1n) is 12.3. The van der Waals surface area contributed by atoms with Gasteiger partial charge in [0.15, 0.2) is 6.29 Å².